The van der Waals surface area contributed by atoms with E-state index in [4.69, 9.17) is 22.1 Å². The van der Waals surface area contributed by atoms with Gasteiger partial charge in [-0.15, -0.1) is 0 Å². The maximum Gasteiger partial charge on any atom is 0.328 e. The number of carbonyl (C=O) groups excluding carboxylic acids is 1. The van der Waals surface area contributed by atoms with Gasteiger partial charge in [0.2, 0.25) is 0 Å². The molecule has 1 aromatic heterocycles. The van der Waals surface area contributed by atoms with E-state index in [9.17, 15) is 4.79 Å². The molecule has 0 spiro atoms. The average Bonchev–Trinajstić information content (AvgIpc) is 2.25. The molecule has 0 fully saturated rings. The van der Waals surface area contributed by atoms with Crippen LogP contribution in [-0.4, -0.2) is 28.6 Å². The molecular formula is C9H13ClN4O2. The van der Waals surface area contributed by atoms with E-state index in [1.54, 1.807) is 13.8 Å². The molecule has 16 heavy (non-hydrogen) atoms. The number of nitrogens with two attached hydrogens (primary N) is 1. The van der Waals surface area contributed by atoms with Crippen LogP contribution >= 0.6 is 11.6 Å². The first-order chi connectivity index (χ1) is 7.56. The zero-order chi connectivity index (χ0) is 12.1. The molecule has 0 amide bonds. The summed E-state index contributed by atoms with van der Waals surface area (Å²) in [5.74, 6) is 0.0979. The van der Waals surface area contributed by atoms with Crippen LogP contribution in [0.3, 0.4) is 0 Å². The van der Waals surface area contributed by atoms with Crippen molar-refractivity contribution in [3.8, 4) is 0 Å². The fraction of sp³-hybridized carbons (Fsp3) is 0.444. The molecule has 0 saturated carbocycles. The highest BCUT2D eigenvalue weighted by atomic mass is 35.5. The van der Waals surface area contributed by atoms with Gasteiger partial charge < -0.3 is 15.8 Å². The Morgan fingerprint density at radius 3 is 3.00 bits per heavy atom. The lowest BCUT2D eigenvalue weighted by atomic mass is 10.3. The number of ether oxygens (including phenoxy) is 1. The predicted molar refractivity (Wildman–Crippen MR) is 61.2 cm³/mol. The lowest BCUT2D eigenvalue weighted by Gasteiger charge is -2.14. The summed E-state index contributed by atoms with van der Waals surface area (Å²) in [5.41, 5.74) is 5.49. The molecule has 0 aliphatic rings. The normalized spacial score (nSPS) is 11.9. The van der Waals surface area contributed by atoms with Gasteiger partial charge in [-0.2, -0.15) is 0 Å². The number of halogens is 1. The highest BCUT2D eigenvalue weighted by Crippen LogP contribution is 2.23. The molecule has 7 heteroatoms. The van der Waals surface area contributed by atoms with Crippen molar-refractivity contribution < 1.29 is 9.53 Å². The first-order valence-corrected chi connectivity index (χ1v) is 5.13. The van der Waals surface area contributed by atoms with Crippen LogP contribution in [0.5, 0.6) is 0 Å². The van der Waals surface area contributed by atoms with Gasteiger partial charge >= 0.3 is 5.97 Å². The van der Waals surface area contributed by atoms with E-state index in [0.717, 1.165) is 0 Å². The molecule has 0 aliphatic carbocycles. The molecule has 1 rings (SSSR count). The molecule has 1 aromatic rings. The molecular weight excluding hydrogens is 232 g/mol. The molecule has 1 unspecified atom stereocenters. The summed E-state index contributed by atoms with van der Waals surface area (Å²) in [6.45, 7) is 3.71. The van der Waals surface area contributed by atoms with E-state index >= 15 is 0 Å². The van der Waals surface area contributed by atoms with Gasteiger partial charge in [0.05, 0.1) is 6.61 Å². The smallest absolute Gasteiger partial charge is 0.328 e. The van der Waals surface area contributed by atoms with Crippen molar-refractivity contribution >= 4 is 29.2 Å². The van der Waals surface area contributed by atoms with Crippen molar-refractivity contribution in [1.29, 1.82) is 0 Å². The highest BCUT2D eigenvalue weighted by Gasteiger charge is 2.16. The summed E-state index contributed by atoms with van der Waals surface area (Å²) in [4.78, 5) is 18.9. The standard InChI is InChI=1S/C9H13ClN4O2/c1-3-16-9(15)5(2)14-8-6(10)7(11)12-4-13-8/h4-5H,3H2,1-2H3,(H3,11,12,13,14). The third-order valence-electron chi connectivity index (χ3n) is 1.81. The van der Waals surface area contributed by atoms with Crippen LogP contribution in [0.15, 0.2) is 6.33 Å². The van der Waals surface area contributed by atoms with Crippen LogP contribution in [0, 0.1) is 0 Å². The number of aromatic nitrogens is 2. The van der Waals surface area contributed by atoms with E-state index in [-0.39, 0.29) is 16.8 Å². The minimum absolute atomic E-state index is 0.162. The molecule has 1 atom stereocenters. The minimum atomic E-state index is -0.549. The number of esters is 1. The Morgan fingerprint density at radius 2 is 2.38 bits per heavy atom. The predicted octanol–water partition coefficient (Wildman–Crippen LogP) is 1.08. The molecule has 1 heterocycles. The summed E-state index contributed by atoms with van der Waals surface area (Å²) < 4.78 is 4.83. The van der Waals surface area contributed by atoms with Gasteiger partial charge in [-0.3, -0.25) is 0 Å². The number of carbonyl (C=O) groups is 1. The van der Waals surface area contributed by atoms with E-state index < -0.39 is 6.04 Å². The van der Waals surface area contributed by atoms with Gasteiger partial charge in [0.15, 0.2) is 5.82 Å². The topological polar surface area (TPSA) is 90.1 Å². The molecule has 6 nitrogen and oxygen atoms in total. The second-order valence-electron chi connectivity index (χ2n) is 3.04. The Hall–Kier alpha value is -1.56. The molecule has 0 radical (unpaired) electrons. The zero-order valence-corrected chi connectivity index (χ0v) is 9.78. The molecule has 88 valence electrons. The molecule has 0 aromatic carbocycles. The van der Waals surface area contributed by atoms with Gasteiger partial charge in [0, 0.05) is 0 Å². The number of rotatable bonds is 4. The van der Waals surface area contributed by atoms with Crippen molar-refractivity contribution in [3.05, 3.63) is 11.3 Å². The Labute approximate surface area is 98.2 Å². The van der Waals surface area contributed by atoms with Crippen LogP contribution in [0.1, 0.15) is 13.8 Å². The highest BCUT2D eigenvalue weighted by molar-refractivity contribution is 6.35. The lowest BCUT2D eigenvalue weighted by molar-refractivity contribution is -0.143. The fourth-order valence-electron chi connectivity index (χ4n) is 1.02. The third-order valence-corrected chi connectivity index (χ3v) is 2.18. The van der Waals surface area contributed by atoms with Gasteiger partial charge in [0.1, 0.15) is 23.2 Å². The summed E-state index contributed by atoms with van der Waals surface area (Å²) in [6, 6.07) is -0.549. The molecule has 0 saturated heterocycles. The summed E-state index contributed by atoms with van der Waals surface area (Å²) in [5, 5.41) is 2.99. The first kappa shape index (κ1) is 12.5. The molecule has 3 N–H and O–H groups in total. The summed E-state index contributed by atoms with van der Waals surface area (Å²) in [7, 11) is 0. The van der Waals surface area contributed by atoms with Crippen molar-refractivity contribution in [3.63, 3.8) is 0 Å². The van der Waals surface area contributed by atoms with E-state index in [1.807, 2.05) is 0 Å². The number of hydrogen-bond donors (Lipinski definition) is 2. The van der Waals surface area contributed by atoms with Crippen LogP contribution in [0.25, 0.3) is 0 Å². The maximum absolute atomic E-state index is 11.3. The second-order valence-corrected chi connectivity index (χ2v) is 3.42. The molecule has 0 aliphatic heterocycles. The second kappa shape index (κ2) is 5.50. The fourth-order valence-corrected chi connectivity index (χ4v) is 1.17. The first-order valence-electron chi connectivity index (χ1n) is 4.75. The van der Waals surface area contributed by atoms with Crippen LogP contribution in [0.4, 0.5) is 11.6 Å². The van der Waals surface area contributed by atoms with Crippen LogP contribution in [0.2, 0.25) is 5.02 Å². The van der Waals surface area contributed by atoms with Crippen molar-refractivity contribution in [2.45, 2.75) is 19.9 Å². The molecule has 0 bridgehead atoms. The Balaban J connectivity index is 2.73. The van der Waals surface area contributed by atoms with Crippen LogP contribution in [-0.2, 0) is 9.53 Å². The number of hydrogen-bond acceptors (Lipinski definition) is 6. The third kappa shape index (κ3) is 2.96. The van der Waals surface area contributed by atoms with E-state index in [2.05, 4.69) is 15.3 Å². The number of nitrogens with zero attached hydrogens (tertiary/aromatic N) is 2. The largest absolute Gasteiger partial charge is 0.464 e. The Bertz CT molecular complexity index is 386. The van der Waals surface area contributed by atoms with Crippen molar-refractivity contribution in [2.75, 3.05) is 17.7 Å². The minimum Gasteiger partial charge on any atom is -0.464 e. The Kier molecular flexibility index (Phi) is 4.30. The Morgan fingerprint density at radius 1 is 1.69 bits per heavy atom. The van der Waals surface area contributed by atoms with E-state index in [1.165, 1.54) is 6.33 Å². The van der Waals surface area contributed by atoms with E-state index in [0.29, 0.717) is 12.4 Å². The van der Waals surface area contributed by atoms with Crippen molar-refractivity contribution in [2.24, 2.45) is 0 Å². The monoisotopic (exact) mass is 244 g/mol. The number of nitrogen functional groups attached to an aromatic ring is 1. The van der Waals surface area contributed by atoms with Gasteiger partial charge in [0.25, 0.3) is 0 Å². The number of nitrogens with one attached hydrogen (secondary N) is 1. The maximum atomic E-state index is 11.3. The zero-order valence-electron chi connectivity index (χ0n) is 9.03. The summed E-state index contributed by atoms with van der Waals surface area (Å²) in [6.07, 6.45) is 1.27. The average molecular weight is 245 g/mol. The summed E-state index contributed by atoms with van der Waals surface area (Å²) >= 11 is 5.85. The number of anilines is 2. The van der Waals surface area contributed by atoms with Gasteiger partial charge in [-0.25, -0.2) is 14.8 Å². The SMILES string of the molecule is CCOC(=O)C(C)Nc1ncnc(N)c1Cl. The quantitative estimate of drug-likeness (QED) is 0.770. The van der Waals surface area contributed by atoms with Crippen molar-refractivity contribution in [1.82, 2.24) is 9.97 Å². The van der Waals surface area contributed by atoms with Gasteiger partial charge in [-0.05, 0) is 13.8 Å². The lowest BCUT2D eigenvalue weighted by Crippen LogP contribution is -2.28. The van der Waals surface area contributed by atoms with Gasteiger partial charge in [-0.1, -0.05) is 11.6 Å². The van der Waals surface area contributed by atoms with Crippen LogP contribution < -0.4 is 11.1 Å².